The van der Waals surface area contributed by atoms with Crippen molar-refractivity contribution in [2.24, 2.45) is 0 Å². The number of furan rings is 1. The highest BCUT2D eigenvalue weighted by molar-refractivity contribution is 9.10. The van der Waals surface area contributed by atoms with Crippen LogP contribution in [-0.2, 0) is 4.79 Å². The third-order valence-corrected chi connectivity index (χ3v) is 4.81. The third-order valence-electron chi connectivity index (χ3n) is 4.22. The Hall–Kier alpha value is -3.06. The fraction of sp³-hybridized carbons (Fsp3) is 0.182. The lowest BCUT2D eigenvalue weighted by atomic mass is 10.1. The summed E-state index contributed by atoms with van der Waals surface area (Å²) in [5.41, 5.74) is 4.13. The van der Waals surface area contributed by atoms with Gasteiger partial charge in [0.25, 0.3) is 11.8 Å². The van der Waals surface area contributed by atoms with Crippen molar-refractivity contribution in [1.82, 2.24) is 0 Å². The third kappa shape index (κ3) is 5.26. The lowest BCUT2D eigenvalue weighted by Gasteiger charge is -2.13. The van der Waals surface area contributed by atoms with Crippen LogP contribution in [-0.4, -0.2) is 18.4 Å². The number of hydrogen-bond donors (Lipinski definition) is 2. The van der Waals surface area contributed by atoms with Gasteiger partial charge in [-0.25, -0.2) is 0 Å². The number of rotatable bonds is 6. The molecule has 0 bridgehead atoms. The molecule has 3 aromatic rings. The van der Waals surface area contributed by atoms with Gasteiger partial charge in [-0.15, -0.1) is 0 Å². The first-order valence-corrected chi connectivity index (χ1v) is 9.77. The second-order valence-electron chi connectivity index (χ2n) is 6.69. The first kappa shape index (κ1) is 20.7. The molecular formula is C22H21BrN2O4. The van der Waals surface area contributed by atoms with Crippen LogP contribution in [0.1, 0.15) is 27.2 Å². The predicted octanol–water partition coefficient (Wildman–Crippen LogP) is 5.24. The van der Waals surface area contributed by atoms with Crippen LogP contribution in [0.5, 0.6) is 5.75 Å². The van der Waals surface area contributed by atoms with Gasteiger partial charge in [0.15, 0.2) is 12.4 Å². The second kappa shape index (κ2) is 8.96. The van der Waals surface area contributed by atoms with Gasteiger partial charge < -0.3 is 19.8 Å². The van der Waals surface area contributed by atoms with Crippen molar-refractivity contribution in [3.8, 4) is 5.75 Å². The number of amides is 2. The summed E-state index contributed by atoms with van der Waals surface area (Å²) < 4.78 is 11.6. The Balaban J connectivity index is 1.60. The van der Waals surface area contributed by atoms with Crippen LogP contribution in [0, 0.1) is 20.8 Å². The van der Waals surface area contributed by atoms with Crippen LogP contribution in [0.4, 0.5) is 11.4 Å². The van der Waals surface area contributed by atoms with Crippen molar-refractivity contribution in [3.05, 3.63) is 75.7 Å². The topological polar surface area (TPSA) is 80.6 Å². The van der Waals surface area contributed by atoms with E-state index in [9.17, 15) is 9.59 Å². The van der Waals surface area contributed by atoms with Gasteiger partial charge >= 0.3 is 0 Å². The van der Waals surface area contributed by atoms with Crippen molar-refractivity contribution < 1.29 is 18.7 Å². The molecular weight excluding hydrogens is 436 g/mol. The summed E-state index contributed by atoms with van der Waals surface area (Å²) >= 11 is 3.47. The average molecular weight is 457 g/mol. The summed E-state index contributed by atoms with van der Waals surface area (Å²) in [6.45, 7) is 5.66. The number of ether oxygens (including phenoxy) is 1. The highest BCUT2D eigenvalue weighted by Crippen LogP contribution is 2.30. The standard InChI is InChI=1S/C22H21BrN2O4/c1-13-9-15(3)21(17(23)10-13)29-12-20(26)24-16-6-7-18(14(2)11-16)25-22(27)19-5-4-8-28-19/h4-11H,12H2,1-3H3,(H,24,26)(H,25,27). The van der Waals surface area contributed by atoms with E-state index in [1.165, 1.54) is 6.26 Å². The predicted molar refractivity (Wildman–Crippen MR) is 116 cm³/mol. The Kier molecular flexibility index (Phi) is 6.39. The van der Waals surface area contributed by atoms with E-state index in [-0.39, 0.29) is 24.2 Å². The fourth-order valence-electron chi connectivity index (χ4n) is 2.89. The summed E-state index contributed by atoms with van der Waals surface area (Å²) in [5, 5.41) is 5.58. The monoisotopic (exact) mass is 456 g/mol. The first-order chi connectivity index (χ1) is 13.8. The first-order valence-electron chi connectivity index (χ1n) is 8.98. The molecule has 2 amide bonds. The SMILES string of the molecule is Cc1cc(C)c(OCC(=O)Nc2ccc(NC(=O)c3ccco3)c(C)c2)c(Br)c1. The van der Waals surface area contributed by atoms with Crippen LogP contribution in [0.2, 0.25) is 0 Å². The molecule has 0 saturated heterocycles. The van der Waals surface area contributed by atoms with Gasteiger partial charge in [-0.3, -0.25) is 9.59 Å². The number of nitrogens with one attached hydrogen (secondary N) is 2. The van der Waals surface area contributed by atoms with E-state index >= 15 is 0 Å². The number of halogens is 1. The zero-order chi connectivity index (χ0) is 21.0. The Labute approximate surface area is 177 Å². The molecule has 1 heterocycles. The van der Waals surface area contributed by atoms with Gasteiger partial charge in [0.05, 0.1) is 10.7 Å². The molecule has 0 atom stereocenters. The molecule has 0 aliphatic carbocycles. The average Bonchev–Trinajstić information content (AvgIpc) is 3.18. The maximum absolute atomic E-state index is 12.3. The highest BCUT2D eigenvalue weighted by atomic mass is 79.9. The van der Waals surface area contributed by atoms with Crippen molar-refractivity contribution in [1.29, 1.82) is 0 Å². The second-order valence-corrected chi connectivity index (χ2v) is 7.55. The molecule has 2 aromatic carbocycles. The Bertz CT molecular complexity index is 1020. The van der Waals surface area contributed by atoms with E-state index in [1.807, 2.05) is 32.9 Å². The summed E-state index contributed by atoms with van der Waals surface area (Å²) in [5.74, 6) is 0.278. The maximum atomic E-state index is 12.3. The van der Waals surface area contributed by atoms with Crippen molar-refractivity contribution in [2.45, 2.75) is 20.8 Å². The lowest BCUT2D eigenvalue weighted by molar-refractivity contribution is -0.118. The summed E-state index contributed by atoms with van der Waals surface area (Å²) in [4.78, 5) is 24.4. The molecule has 6 nitrogen and oxygen atoms in total. The number of anilines is 2. The van der Waals surface area contributed by atoms with E-state index in [4.69, 9.17) is 9.15 Å². The molecule has 150 valence electrons. The number of hydrogen-bond acceptors (Lipinski definition) is 4. The zero-order valence-electron chi connectivity index (χ0n) is 16.3. The van der Waals surface area contributed by atoms with E-state index < -0.39 is 0 Å². The van der Waals surface area contributed by atoms with Crippen LogP contribution >= 0.6 is 15.9 Å². The number of carbonyl (C=O) groups is 2. The molecule has 1 aromatic heterocycles. The molecule has 0 aliphatic heterocycles. The molecule has 3 rings (SSSR count). The molecule has 0 spiro atoms. The smallest absolute Gasteiger partial charge is 0.291 e. The minimum atomic E-state index is -0.331. The minimum absolute atomic E-state index is 0.113. The molecule has 0 unspecified atom stereocenters. The summed E-state index contributed by atoms with van der Waals surface area (Å²) in [7, 11) is 0. The molecule has 0 aliphatic rings. The normalized spacial score (nSPS) is 10.5. The van der Waals surface area contributed by atoms with Gasteiger partial charge in [-0.05, 0) is 89.8 Å². The van der Waals surface area contributed by atoms with Crippen molar-refractivity contribution in [3.63, 3.8) is 0 Å². The largest absolute Gasteiger partial charge is 0.482 e. The molecule has 7 heteroatoms. The van der Waals surface area contributed by atoms with E-state index in [2.05, 4.69) is 26.6 Å². The molecule has 29 heavy (non-hydrogen) atoms. The van der Waals surface area contributed by atoms with Crippen LogP contribution in [0.3, 0.4) is 0 Å². The van der Waals surface area contributed by atoms with Crippen LogP contribution in [0.15, 0.2) is 57.6 Å². The number of aryl methyl sites for hydroxylation is 3. The number of carbonyl (C=O) groups excluding carboxylic acids is 2. The molecule has 2 N–H and O–H groups in total. The lowest BCUT2D eigenvalue weighted by Crippen LogP contribution is -2.20. The van der Waals surface area contributed by atoms with Gasteiger partial charge in [-0.2, -0.15) is 0 Å². The van der Waals surface area contributed by atoms with E-state index in [0.29, 0.717) is 17.1 Å². The van der Waals surface area contributed by atoms with Gasteiger partial charge in [0, 0.05) is 11.4 Å². The Morgan fingerprint density at radius 2 is 1.83 bits per heavy atom. The highest BCUT2D eigenvalue weighted by Gasteiger charge is 2.12. The fourth-order valence-corrected chi connectivity index (χ4v) is 3.68. The number of benzene rings is 2. The Morgan fingerprint density at radius 1 is 1.03 bits per heavy atom. The van der Waals surface area contributed by atoms with Crippen LogP contribution in [0.25, 0.3) is 0 Å². The van der Waals surface area contributed by atoms with Crippen LogP contribution < -0.4 is 15.4 Å². The molecule has 0 fully saturated rings. The van der Waals surface area contributed by atoms with Crippen molar-refractivity contribution >= 4 is 39.1 Å². The quantitative estimate of drug-likeness (QED) is 0.531. The minimum Gasteiger partial charge on any atom is -0.482 e. The zero-order valence-corrected chi connectivity index (χ0v) is 17.9. The van der Waals surface area contributed by atoms with Gasteiger partial charge in [0.1, 0.15) is 5.75 Å². The van der Waals surface area contributed by atoms with Crippen molar-refractivity contribution in [2.75, 3.05) is 17.2 Å². The Morgan fingerprint density at radius 3 is 2.48 bits per heavy atom. The van der Waals surface area contributed by atoms with E-state index in [1.54, 1.807) is 30.3 Å². The molecule has 0 radical (unpaired) electrons. The van der Waals surface area contributed by atoms with Gasteiger partial charge in [0.2, 0.25) is 0 Å². The maximum Gasteiger partial charge on any atom is 0.291 e. The van der Waals surface area contributed by atoms with E-state index in [0.717, 1.165) is 21.2 Å². The molecule has 0 saturated carbocycles. The summed E-state index contributed by atoms with van der Waals surface area (Å²) in [6, 6.07) is 12.4. The summed E-state index contributed by atoms with van der Waals surface area (Å²) in [6.07, 6.45) is 1.44. The van der Waals surface area contributed by atoms with Gasteiger partial charge in [-0.1, -0.05) is 6.07 Å².